The van der Waals surface area contributed by atoms with Crippen molar-refractivity contribution in [3.05, 3.63) is 27.7 Å². The number of carbonyl (C=O) groups excluding carboxylic acids is 1. The van der Waals surface area contributed by atoms with Crippen molar-refractivity contribution in [2.45, 2.75) is 18.7 Å². The maximum atomic E-state index is 11.8. The first-order valence-electron chi connectivity index (χ1n) is 4.82. The lowest BCUT2D eigenvalue weighted by molar-refractivity contribution is -0.116. The van der Waals surface area contributed by atoms with Gasteiger partial charge in [-0.15, -0.1) is 0 Å². The van der Waals surface area contributed by atoms with Crippen LogP contribution in [0.3, 0.4) is 0 Å². The summed E-state index contributed by atoms with van der Waals surface area (Å²) in [7, 11) is 0. The number of hydrogen-bond donors (Lipinski definition) is 1. The second-order valence-corrected chi connectivity index (χ2v) is 6.04. The molecule has 16 heavy (non-hydrogen) atoms. The summed E-state index contributed by atoms with van der Waals surface area (Å²) in [6, 6.07) is 5.27. The van der Waals surface area contributed by atoms with E-state index in [9.17, 15) is 4.79 Å². The van der Waals surface area contributed by atoms with Crippen LogP contribution in [0.1, 0.15) is 13.8 Å². The molecule has 1 amide bonds. The number of alkyl halides is 1. The minimum atomic E-state index is -0.210. The summed E-state index contributed by atoms with van der Waals surface area (Å²) in [5, 5.41) is 3.41. The van der Waals surface area contributed by atoms with E-state index in [1.807, 2.05) is 13.8 Å². The molecule has 88 valence electrons. The second kappa shape index (κ2) is 6.03. The fraction of sp³-hybridized carbons (Fsp3) is 0.364. The normalized spacial score (nSPS) is 12.6. The van der Waals surface area contributed by atoms with E-state index in [0.717, 1.165) is 4.47 Å². The van der Waals surface area contributed by atoms with Crippen LogP contribution in [0.2, 0.25) is 5.02 Å². The molecule has 0 aliphatic carbocycles. The summed E-state index contributed by atoms with van der Waals surface area (Å²) < 4.78 is 0.814. The molecule has 0 aliphatic heterocycles. The summed E-state index contributed by atoms with van der Waals surface area (Å²) in [5.74, 6) is 0.163. The van der Waals surface area contributed by atoms with E-state index >= 15 is 0 Å². The van der Waals surface area contributed by atoms with E-state index < -0.39 is 0 Å². The Balaban J connectivity index is 2.80. The lowest BCUT2D eigenvalue weighted by Gasteiger charge is -2.14. The average Bonchev–Trinajstić information content (AvgIpc) is 2.22. The molecule has 0 fully saturated rings. The molecule has 2 nitrogen and oxygen atoms in total. The molecule has 1 rings (SSSR count). The zero-order valence-electron chi connectivity index (χ0n) is 8.93. The molecule has 0 spiro atoms. The Labute approximate surface area is 117 Å². The van der Waals surface area contributed by atoms with Gasteiger partial charge in [-0.1, -0.05) is 41.4 Å². The molecule has 0 radical (unpaired) electrons. The fourth-order valence-corrected chi connectivity index (χ4v) is 1.73. The molecular weight excluding hydrogens is 357 g/mol. The van der Waals surface area contributed by atoms with Gasteiger partial charge in [0.1, 0.15) is 0 Å². The molecular formula is C11H12Br2ClNO. The van der Waals surface area contributed by atoms with Crippen LogP contribution in [0, 0.1) is 5.92 Å². The molecule has 1 unspecified atom stereocenters. The smallest absolute Gasteiger partial charge is 0.238 e. The van der Waals surface area contributed by atoms with Crippen molar-refractivity contribution in [2.24, 2.45) is 5.92 Å². The molecule has 0 aliphatic rings. The van der Waals surface area contributed by atoms with E-state index in [1.165, 1.54) is 0 Å². The summed E-state index contributed by atoms with van der Waals surface area (Å²) in [6.07, 6.45) is 0. The Hall–Kier alpha value is -0.0600. The van der Waals surface area contributed by atoms with E-state index in [-0.39, 0.29) is 16.7 Å². The number of nitrogens with one attached hydrogen (secondary N) is 1. The van der Waals surface area contributed by atoms with Crippen molar-refractivity contribution in [3.8, 4) is 0 Å². The summed E-state index contributed by atoms with van der Waals surface area (Å²) in [6.45, 7) is 3.96. The second-order valence-electron chi connectivity index (χ2n) is 3.76. The van der Waals surface area contributed by atoms with E-state index in [0.29, 0.717) is 10.7 Å². The highest BCUT2D eigenvalue weighted by molar-refractivity contribution is 9.10. The first-order chi connectivity index (χ1) is 7.41. The zero-order chi connectivity index (χ0) is 12.3. The molecule has 0 saturated heterocycles. The van der Waals surface area contributed by atoms with Crippen molar-refractivity contribution >= 4 is 55.1 Å². The molecule has 1 N–H and O–H groups in total. The largest absolute Gasteiger partial charge is 0.324 e. The number of halogens is 3. The quantitative estimate of drug-likeness (QED) is 0.783. The monoisotopic (exact) mass is 367 g/mol. The van der Waals surface area contributed by atoms with Crippen LogP contribution in [-0.4, -0.2) is 10.7 Å². The Kier molecular flexibility index (Phi) is 5.28. The average molecular weight is 369 g/mol. The van der Waals surface area contributed by atoms with Crippen LogP contribution >= 0.6 is 43.5 Å². The standard InChI is InChI=1S/C11H12Br2ClNO/c1-6(2)10(13)11(16)15-9-5-7(14)3-4-8(9)12/h3-6,10H,1-2H3,(H,15,16). The summed E-state index contributed by atoms with van der Waals surface area (Å²) in [4.78, 5) is 11.6. The predicted octanol–water partition coefficient (Wildman–Crippen LogP) is 4.46. The van der Waals surface area contributed by atoms with Gasteiger partial charge < -0.3 is 5.32 Å². The highest BCUT2D eigenvalue weighted by Crippen LogP contribution is 2.26. The highest BCUT2D eigenvalue weighted by atomic mass is 79.9. The highest BCUT2D eigenvalue weighted by Gasteiger charge is 2.19. The number of carbonyl (C=O) groups is 1. The molecule has 1 aromatic rings. The van der Waals surface area contributed by atoms with Crippen LogP contribution in [0.15, 0.2) is 22.7 Å². The van der Waals surface area contributed by atoms with Gasteiger partial charge in [-0.25, -0.2) is 0 Å². The van der Waals surface area contributed by atoms with Crippen molar-refractivity contribution in [1.82, 2.24) is 0 Å². The Morgan fingerprint density at radius 2 is 2.06 bits per heavy atom. The topological polar surface area (TPSA) is 29.1 Å². The third kappa shape index (κ3) is 3.75. The summed E-state index contributed by atoms with van der Waals surface area (Å²) in [5.41, 5.74) is 0.683. The van der Waals surface area contributed by atoms with Gasteiger partial charge in [0.2, 0.25) is 5.91 Å². The first kappa shape index (κ1) is 14.0. The molecule has 0 bridgehead atoms. The molecule has 1 atom stereocenters. The number of hydrogen-bond acceptors (Lipinski definition) is 1. The van der Waals surface area contributed by atoms with E-state index in [4.69, 9.17) is 11.6 Å². The van der Waals surface area contributed by atoms with Gasteiger partial charge in [-0.3, -0.25) is 4.79 Å². The predicted molar refractivity (Wildman–Crippen MR) is 75.3 cm³/mol. The first-order valence-corrected chi connectivity index (χ1v) is 6.90. The molecule has 0 saturated carbocycles. The van der Waals surface area contributed by atoms with Crippen LogP contribution in [0.4, 0.5) is 5.69 Å². The lowest BCUT2D eigenvalue weighted by atomic mass is 10.1. The Morgan fingerprint density at radius 1 is 1.44 bits per heavy atom. The van der Waals surface area contributed by atoms with E-state index in [2.05, 4.69) is 37.2 Å². The van der Waals surface area contributed by atoms with Crippen molar-refractivity contribution in [2.75, 3.05) is 5.32 Å². The lowest BCUT2D eigenvalue weighted by Crippen LogP contribution is -2.27. The third-order valence-corrected chi connectivity index (χ3v) is 4.42. The number of benzene rings is 1. The molecule has 5 heteroatoms. The minimum Gasteiger partial charge on any atom is -0.324 e. The van der Waals surface area contributed by atoms with Gasteiger partial charge in [-0.2, -0.15) is 0 Å². The number of rotatable bonds is 3. The van der Waals surface area contributed by atoms with Gasteiger partial charge in [0.15, 0.2) is 0 Å². The molecule has 0 aromatic heterocycles. The number of amides is 1. The zero-order valence-corrected chi connectivity index (χ0v) is 12.9. The van der Waals surface area contributed by atoms with Crippen LogP contribution in [0.25, 0.3) is 0 Å². The Morgan fingerprint density at radius 3 is 2.62 bits per heavy atom. The van der Waals surface area contributed by atoms with Gasteiger partial charge >= 0.3 is 0 Å². The SMILES string of the molecule is CC(C)C(Br)C(=O)Nc1cc(Cl)ccc1Br. The van der Waals surface area contributed by atoms with Crippen molar-refractivity contribution < 1.29 is 4.79 Å². The van der Waals surface area contributed by atoms with Crippen LogP contribution < -0.4 is 5.32 Å². The van der Waals surface area contributed by atoms with E-state index in [1.54, 1.807) is 18.2 Å². The van der Waals surface area contributed by atoms with Crippen molar-refractivity contribution in [3.63, 3.8) is 0 Å². The van der Waals surface area contributed by atoms with Crippen LogP contribution in [0.5, 0.6) is 0 Å². The maximum Gasteiger partial charge on any atom is 0.238 e. The fourth-order valence-electron chi connectivity index (χ4n) is 1.10. The third-order valence-electron chi connectivity index (χ3n) is 2.02. The number of anilines is 1. The molecule has 1 aromatic carbocycles. The minimum absolute atomic E-state index is 0.0713. The maximum absolute atomic E-state index is 11.8. The Bertz CT molecular complexity index is 396. The van der Waals surface area contributed by atoms with Gasteiger partial charge in [0.05, 0.1) is 10.5 Å². The van der Waals surface area contributed by atoms with Crippen LogP contribution in [-0.2, 0) is 4.79 Å². The van der Waals surface area contributed by atoms with Crippen molar-refractivity contribution in [1.29, 1.82) is 0 Å². The van der Waals surface area contributed by atoms with Gasteiger partial charge in [0.25, 0.3) is 0 Å². The molecule has 0 heterocycles. The van der Waals surface area contributed by atoms with Gasteiger partial charge in [0, 0.05) is 9.50 Å². The summed E-state index contributed by atoms with van der Waals surface area (Å²) >= 11 is 12.6. The van der Waals surface area contributed by atoms with Gasteiger partial charge in [-0.05, 0) is 40.0 Å².